The molecular formula is C20H12N2O2. The Hall–Kier alpha value is -3.40. The molecule has 0 bridgehead atoms. The lowest BCUT2D eigenvalue weighted by Crippen LogP contribution is -1.86. The molecule has 0 saturated heterocycles. The van der Waals surface area contributed by atoms with Gasteiger partial charge in [-0.3, -0.25) is 0 Å². The van der Waals surface area contributed by atoms with Crippen molar-refractivity contribution in [1.82, 2.24) is 9.97 Å². The lowest BCUT2D eigenvalue weighted by atomic mass is 10.2. The SMILES string of the molecule is c1ccc2oc(-c3cnc(-c4cc5ccccc5o4)cn3)cc2c1. The quantitative estimate of drug-likeness (QED) is 0.443. The third kappa shape index (κ3) is 2.08. The molecule has 24 heavy (non-hydrogen) atoms. The van der Waals surface area contributed by atoms with E-state index in [-0.39, 0.29) is 0 Å². The summed E-state index contributed by atoms with van der Waals surface area (Å²) >= 11 is 0. The molecule has 3 aromatic heterocycles. The highest BCUT2D eigenvalue weighted by Crippen LogP contribution is 2.29. The highest BCUT2D eigenvalue weighted by Gasteiger charge is 2.11. The maximum atomic E-state index is 5.82. The molecule has 0 aliphatic heterocycles. The second-order valence-corrected chi connectivity index (χ2v) is 5.58. The summed E-state index contributed by atoms with van der Waals surface area (Å²) in [4.78, 5) is 8.95. The summed E-state index contributed by atoms with van der Waals surface area (Å²) in [7, 11) is 0. The predicted molar refractivity (Wildman–Crippen MR) is 92.4 cm³/mol. The van der Waals surface area contributed by atoms with Crippen LogP contribution in [0.1, 0.15) is 0 Å². The summed E-state index contributed by atoms with van der Waals surface area (Å²) in [6, 6.07) is 19.7. The number of nitrogens with zero attached hydrogens (tertiary/aromatic N) is 2. The van der Waals surface area contributed by atoms with Crippen LogP contribution in [0.2, 0.25) is 0 Å². The van der Waals surface area contributed by atoms with Crippen LogP contribution in [0, 0.1) is 0 Å². The van der Waals surface area contributed by atoms with Gasteiger partial charge in [0.05, 0.1) is 12.4 Å². The van der Waals surface area contributed by atoms with Crippen LogP contribution in [0.15, 0.2) is 81.9 Å². The van der Waals surface area contributed by atoms with E-state index in [0.29, 0.717) is 22.9 Å². The van der Waals surface area contributed by atoms with E-state index in [9.17, 15) is 0 Å². The molecule has 0 aliphatic carbocycles. The van der Waals surface area contributed by atoms with Gasteiger partial charge in [0.2, 0.25) is 0 Å². The van der Waals surface area contributed by atoms with Gasteiger partial charge in [0, 0.05) is 10.8 Å². The maximum Gasteiger partial charge on any atom is 0.155 e. The molecule has 0 atom stereocenters. The van der Waals surface area contributed by atoms with Crippen molar-refractivity contribution >= 4 is 21.9 Å². The van der Waals surface area contributed by atoms with E-state index < -0.39 is 0 Å². The molecule has 0 spiro atoms. The number of benzene rings is 2. The molecule has 5 rings (SSSR count). The number of furan rings is 2. The Morgan fingerprint density at radius 3 is 1.46 bits per heavy atom. The molecular weight excluding hydrogens is 300 g/mol. The Labute approximate surface area is 137 Å². The second kappa shape index (κ2) is 5.06. The Bertz CT molecular complexity index is 994. The average Bonchev–Trinajstić information content (AvgIpc) is 3.25. The van der Waals surface area contributed by atoms with Gasteiger partial charge in [-0.2, -0.15) is 0 Å². The zero-order valence-corrected chi connectivity index (χ0v) is 12.6. The van der Waals surface area contributed by atoms with Crippen LogP contribution in [0.25, 0.3) is 44.8 Å². The topological polar surface area (TPSA) is 52.1 Å². The van der Waals surface area contributed by atoms with Gasteiger partial charge in [-0.1, -0.05) is 36.4 Å². The van der Waals surface area contributed by atoms with E-state index in [1.54, 1.807) is 12.4 Å². The average molecular weight is 312 g/mol. The van der Waals surface area contributed by atoms with Crippen molar-refractivity contribution in [2.75, 3.05) is 0 Å². The molecule has 0 fully saturated rings. The lowest BCUT2D eigenvalue weighted by Gasteiger charge is -1.97. The standard InChI is InChI=1S/C20H12N2O2/c1-3-7-17-13(5-1)9-19(23-17)15-11-22-16(12-21-15)20-10-14-6-2-4-8-18(14)24-20/h1-12H. The Kier molecular flexibility index (Phi) is 2.76. The van der Waals surface area contributed by atoms with Gasteiger partial charge in [0.25, 0.3) is 0 Å². The summed E-state index contributed by atoms with van der Waals surface area (Å²) in [6.07, 6.45) is 3.42. The summed E-state index contributed by atoms with van der Waals surface area (Å²) in [5.74, 6) is 1.42. The smallest absolute Gasteiger partial charge is 0.155 e. The summed E-state index contributed by atoms with van der Waals surface area (Å²) in [5, 5.41) is 2.10. The Balaban J connectivity index is 1.54. The molecule has 0 unspecified atom stereocenters. The van der Waals surface area contributed by atoms with Crippen molar-refractivity contribution in [3.63, 3.8) is 0 Å². The van der Waals surface area contributed by atoms with Gasteiger partial charge in [0.1, 0.15) is 22.6 Å². The maximum absolute atomic E-state index is 5.82. The lowest BCUT2D eigenvalue weighted by molar-refractivity contribution is 0.624. The van der Waals surface area contributed by atoms with Gasteiger partial charge in [-0.25, -0.2) is 9.97 Å². The van der Waals surface area contributed by atoms with Gasteiger partial charge in [-0.15, -0.1) is 0 Å². The van der Waals surface area contributed by atoms with Crippen molar-refractivity contribution in [1.29, 1.82) is 0 Å². The molecule has 3 heterocycles. The van der Waals surface area contributed by atoms with E-state index in [4.69, 9.17) is 8.83 Å². The second-order valence-electron chi connectivity index (χ2n) is 5.58. The van der Waals surface area contributed by atoms with E-state index in [1.807, 2.05) is 60.7 Å². The molecule has 4 nitrogen and oxygen atoms in total. The normalized spacial score (nSPS) is 11.3. The minimum Gasteiger partial charge on any atom is -0.454 e. The van der Waals surface area contributed by atoms with E-state index in [0.717, 1.165) is 21.9 Å². The van der Waals surface area contributed by atoms with E-state index >= 15 is 0 Å². The molecule has 114 valence electrons. The largest absolute Gasteiger partial charge is 0.454 e. The predicted octanol–water partition coefficient (Wildman–Crippen LogP) is 5.30. The van der Waals surface area contributed by atoms with Gasteiger partial charge in [0.15, 0.2) is 11.5 Å². The van der Waals surface area contributed by atoms with Crippen LogP contribution in [-0.2, 0) is 0 Å². The first-order chi connectivity index (χ1) is 11.9. The number of para-hydroxylation sites is 2. The molecule has 0 N–H and O–H groups in total. The minimum absolute atomic E-state index is 0.700. The van der Waals surface area contributed by atoms with E-state index in [1.165, 1.54) is 0 Å². The monoisotopic (exact) mass is 312 g/mol. The molecule has 5 aromatic rings. The van der Waals surface area contributed by atoms with Crippen LogP contribution in [0.4, 0.5) is 0 Å². The fourth-order valence-electron chi connectivity index (χ4n) is 2.80. The molecule has 2 aromatic carbocycles. The molecule has 0 saturated carbocycles. The fraction of sp³-hybridized carbons (Fsp3) is 0. The number of hydrogen-bond acceptors (Lipinski definition) is 4. The summed E-state index contributed by atoms with van der Waals surface area (Å²) in [6.45, 7) is 0. The van der Waals surface area contributed by atoms with Crippen LogP contribution in [0.3, 0.4) is 0 Å². The van der Waals surface area contributed by atoms with Crippen LogP contribution >= 0.6 is 0 Å². The van der Waals surface area contributed by atoms with Crippen molar-refractivity contribution in [2.45, 2.75) is 0 Å². The number of fused-ring (bicyclic) bond motifs is 2. The van der Waals surface area contributed by atoms with Crippen LogP contribution in [-0.4, -0.2) is 9.97 Å². The van der Waals surface area contributed by atoms with Crippen LogP contribution < -0.4 is 0 Å². The van der Waals surface area contributed by atoms with Gasteiger partial charge >= 0.3 is 0 Å². The summed E-state index contributed by atoms with van der Waals surface area (Å²) in [5.41, 5.74) is 3.09. The number of hydrogen-bond donors (Lipinski definition) is 0. The summed E-state index contributed by atoms with van der Waals surface area (Å²) < 4.78 is 11.6. The van der Waals surface area contributed by atoms with Gasteiger partial charge in [-0.05, 0) is 24.3 Å². The molecule has 0 amide bonds. The third-order valence-electron chi connectivity index (χ3n) is 4.01. The molecule has 0 aliphatic rings. The van der Waals surface area contributed by atoms with Crippen molar-refractivity contribution in [3.8, 4) is 22.9 Å². The first-order valence-corrected chi connectivity index (χ1v) is 7.67. The van der Waals surface area contributed by atoms with Crippen molar-refractivity contribution in [3.05, 3.63) is 73.1 Å². The number of rotatable bonds is 2. The van der Waals surface area contributed by atoms with Crippen molar-refractivity contribution in [2.24, 2.45) is 0 Å². The first kappa shape index (κ1) is 13.1. The zero-order chi connectivity index (χ0) is 15.9. The van der Waals surface area contributed by atoms with E-state index in [2.05, 4.69) is 9.97 Å². The molecule has 4 heteroatoms. The van der Waals surface area contributed by atoms with Crippen LogP contribution in [0.5, 0.6) is 0 Å². The number of aromatic nitrogens is 2. The van der Waals surface area contributed by atoms with Gasteiger partial charge < -0.3 is 8.83 Å². The first-order valence-electron chi connectivity index (χ1n) is 7.67. The van der Waals surface area contributed by atoms with Crippen molar-refractivity contribution < 1.29 is 8.83 Å². The fourth-order valence-corrected chi connectivity index (χ4v) is 2.80. The Morgan fingerprint density at radius 2 is 1.04 bits per heavy atom. The third-order valence-corrected chi connectivity index (χ3v) is 4.01. The zero-order valence-electron chi connectivity index (χ0n) is 12.6. The highest BCUT2D eigenvalue weighted by molar-refractivity contribution is 5.83. The molecule has 0 radical (unpaired) electrons. The Morgan fingerprint density at radius 1 is 0.583 bits per heavy atom. The highest BCUT2D eigenvalue weighted by atomic mass is 16.3. The minimum atomic E-state index is 0.700.